The van der Waals surface area contributed by atoms with Gasteiger partial charge >= 0.3 is 17.9 Å². The van der Waals surface area contributed by atoms with Crippen molar-refractivity contribution in [1.82, 2.24) is 0 Å². The smallest absolute Gasteiger partial charge is 0.306 e. The molecule has 6 nitrogen and oxygen atoms in total. The number of carbonyl (C=O) groups excluding carboxylic acids is 3. The molecule has 1 unspecified atom stereocenters. The van der Waals surface area contributed by atoms with Gasteiger partial charge in [0.2, 0.25) is 0 Å². The number of unbranched alkanes of at least 4 members (excludes halogenated alkanes) is 25. The van der Waals surface area contributed by atoms with Crippen LogP contribution in [-0.4, -0.2) is 37.2 Å². The first-order valence-electron chi connectivity index (χ1n) is 24.6. The number of carbonyl (C=O) groups is 3. The molecule has 6 heteroatoms. The zero-order chi connectivity index (χ0) is 41.3. The molecule has 0 aromatic rings. The van der Waals surface area contributed by atoms with Crippen molar-refractivity contribution in [2.24, 2.45) is 17.8 Å². The highest BCUT2D eigenvalue weighted by molar-refractivity contribution is 5.71. The summed E-state index contributed by atoms with van der Waals surface area (Å²) < 4.78 is 16.7. The molecule has 0 aliphatic carbocycles. The summed E-state index contributed by atoms with van der Waals surface area (Å²) in [6, 6.07) is 0. The molecule has 0 saturated carbocycles. The lowest BCUT2D eigenvalue weighted by molar-refractivity contribution is -0.167. The third-order valence-electron chi connectivity index (χ3n) is 11.5. The lowest BCUT2D eigenvalue weighted by atomic mass is 9.99. The first-order valence-corrected chi connectivity index (χ1v) is 24.6. The van der Waals surface area contributed by atoms with Gasteiger partial charge in [0.1, 0.15) is 13.2 Å². The van der Waals surface area contributed by atoms with Gasteiger partial charge in [0.15, 0.2) is 6.10 Å². The van der Waals surface area contributed by atoms with E-state index in [0.717, 1.165) is 75.5 Å². The second kappa shape index (κ2) is 41.6. The van der Waals surface area contributed by atoms with E-state index in [9.17, 15) is 14.4 Å². The highest BCUT2D eigenvalue weighted by Gasteiger charge is 2.19. The van der Waals surface area contributed by atoms with Gasteiger partial charge in [-0.15, -0.1) is 0 Å². The maximum absolute atomic E-state index is 12.7. The molecule has 0 aromatic carbocycles. The third kappa shape index (κ3) is 42.0. The number of esters is 3. The average molecular weight is 793 g/mol. The zero-order valence-electron chi connectivity index (χ0n) is 38.4. The van der Waals surface area contributed by atoms with Gasteiger partial charge in [0.25, 0.3) is 0 Å². The van der Waals surface area contributed by atoms with Gasteiger partial charge in [-0.1, -0.05) is 228 Å². The largest absolute Gasteiger partial charge is 0.462 e. The fraction of sp³-hybridized carbons (Fsp3) is 0.940. The van der Waals surface area contributed by atoms with Crippen molar-refractivity contribution in [3.8, 4) is 0 Å². The van der Waals surface area contributed by atoms with Crippen molar-refractivity contribution in [3.63, 3.8) is 0 Å². The summed E-state index contributed by atoms with van der Waals surface area (Å²) in [5.74, 6) is 1.59. The Morgan fingerprint density at radius 1 is 0.357 bits per heavy atom. The van der Waals surface area contributed by atoms with Crippen molar-refractivity contribution in [2.45, 2.75) is 272 Å². The third-order valence-corrected chi connectivity index (χ3v) is 11.5. The predicted molar refractivity (Wildman–Crippen MR) is 238 cm³/mol. The van der Waals surface area contributed by atoms with Crippen molar-refractivity contribution in [2.75, 3.05) is 13.2 Å². The maximum atomic E-state index is 12.7. The van der Waals surface area contributed by atoms with Crippen LogP contribution in [0.25, 0.3) is 0 Å². The fourth-order valence-corrected chi connectivity index (χ4v) is 7.38. The molecule has 0 spiro atoms. The minimum Gasteiger partial charge on any atom is -0.462 e. The van der Waals surface area contributed by atoms with E-state index in [1.807, 2.05) is 0 Å². The Labute approximate surface area is 348 Å². The molecule has 0 radical (unpaired) electrons. The molecule has 2 atom stereocenters. The summed E-state index contributed by atoms with van der Waals surface area (Å²) in [5, 5.41) is 0. The van der Waals surface area contributed by atoms with Crippen LogP contribution >= 0.6 is 0 Å². The maximum Gasteiger partial charge on any atom is 0.306 e. The van der Waals surface area contributed by atoms with E-state index >= 15 is 0 Å². The van der Waals surface area contributed by atoms with Crippen LogP contribution in [0.2, 0.25) is 0 Å². The summed E-state index contributed by atoms with van der Waals surface area (Å²) in [6.45, 7) is 13.6. The van der Waals surface area contributed by atoms with Crippen molar-refractivity contribution in [3.05, 3.63) is 0 Å². The van der Waals surface area contributed by atoms with Crippen LogP contribution < -0.4 is 0 Å². The SMILES string of the molecule is CCC(C)CCCCCCCCCCCCCCCCC(=O)OC[C@@H](COC(=O)CCCCCCCCCCC(C)C)OC(=O)CCCCCCCCC(C)C. The normalized spacial score (nSPS) is 12.6. The first kappa shape index (κ1) is 54.4. The highest BCUT2D eigenvalue weighted by Crippen LogP contribution is 2.18. The number of hydrogen-bond acceptors (Lipinski definition) is 6. The molecule has 0 amide bonds. The standard InChI is InChI=1S/C50H96O6/c1-7-46(6)38-32-26-19-14-12-10-8-9-11-13-15-20-27-33-39-48(51)54-42-47(56-50(53)41-35-29-23-22-25-31-37-45(4)5)43-55-49(52)40-34-28-21-17-16-18-24-30-36-44(2)3/h44-47H,7-43H2,1-6H3/t46?,47-/m0/s1. The summed E-state index contributed by atoms with van der Waals surface area (Å²) in [6.07, 6.45) is 39.6. The van der Waals surface area contributed by atoms with Crippen molar-refractivity contribution >= 4 is 17.9 Å². The Morgan fingerprint density at radius 3 is 0.929 bits per heavy atom. The summed E-state index contributed by atoms with van der Waals surface area (Å²) >= 11 is 0. The van der Waals surface area contributed by atoms with Crippen LogP contribution in [0.3, 0.4) is 0 Å². The van der Waals surface area contributed by atoms with Gasteiger partial charge in [0.05, 0.1) is 0 Å². The number of ether oxygens (including phenoxy) is 3. The first-order chi connectivity index (χ1) is 27.1. The van der Waals surface area contributed by atoms with Crippen LogP contribution in [0, 0.1) is 17.8 Å². The van der Waals surface area contributed by atoms with Gasteiger partial charge in [-0.25, -0.2) is 0 Å². The van der Waals surface area contributed by atoms with Gasteiger partial charge in [0, 0.05) is 19.3 Å². The minimum absolute atomic E-state index is 0.0664. The van der Waals surface area contributed by atoms with Crippen LogP contribution in [0.5, 0.6) is 0 Å². The molecule has 0 aliphatic heterocycles. The Balaban J connectivity index is 4.23. The molecule has 0 aliphatic rings. The molecule has 0 fully saturated rings. The summed E-state index contributed by atoms with van der Waals surface area (Å²) in [7, 11) is 0. The van der Waals surface area contributed by atoms with Gasteiger partial charge in [-0.3, -0.25) is 14.4 Å². The van der Waals surface area contributed by atoms with E-state index < -0.39 is 6.10 Å². The monoisotopic (exact) mass is 793 g/mol. The topological polar surface area (TPSA) is 78.9 Å². The molecule has 0 aromatic heterocycles. The lowest BCUT2D eigenvalue weighted by Crippen LogP contribution is -2.30. The van der Waals surface area contributed by atoms with E-state index in [-0.39, 0.29) is 31.1 Å². The second-order valence-corrected chi connectivity index (χ2v) is 18.3. The van der Waals surface area contributed by atoms with Crippen LogP contribution in [0.15, 0.2) is 0 Å². The molecule has 332 valence electrons. The van der Waals surface area contributed by atoms with Gasteiger partial charge < -0.3 is 14.2 Å². The van der Waals surface area contributed by atoms with E-state index in [0.29, 0.717) is 19.3 Å². The highest BCUT2D eigenvalue weighted by atomic mass is 16.6. The fourth-order valence-electron chi connectivity index (χ4n) is 7.38. The molecule has 0 bridgehead atoms. The number of hydrogen-bond donors (Lipinski definition) is 0. The molecular weight excluding hydrogens is 697 g/mol. The Hall–Kier alpha value is -1.59. The summed E-state index contributed by atoms with van der Waals surface area (Å²) in [4.78, 5) is 37.8. The van der Waals surface area contributed by atoms with Crippen molar-refractivity contribution < 1.29 is 28.6 Å². The van der Waals surface area contributed by atoms with Crippen molar-refractivity contribution in [1.29, 1.82) is 0 Å². The quantitative estimate of drug-likeness (QED) is 0.0348. The molecule has 0 saturated heterocycles. The van der Waals surface area contributed by atoms with Gasteiger partial charge in [-0.05, 0) is 37.0 Å². The molecule has 56 heavy (non-hydrogen) atoms. The minimum atomic E-state index is -0.762. The Morgan fingerprint density at radius 2 is 0.625 bits per heavy atom. The zero-order valence-corrected chi connectivity index (χ0v) is 38.4. The Bertz CT molecular complexity index is 870. The van der Waals surface area contributed by atoms with E-state index in [4.69, 9.17) is 14.2 Å². The molecule has 0 N–H and O–H groups in total. The second-order valence-electron chi connectivity index (χ2n) is 18.3. The summed E-state index contributed by atoms with van der Waals surface area (Å²) in [5.41, 5.74) is 0. The lowest BCUT2D eigenvalue weighted by Gasteiger charge is -2.18. The van der Waals surface area contributed by atoms with Crippen LogP contribution in [-0.2, 0) is 28.6 Å². The number of rotatable bonds is 43. The van der Waals surface area contributed by atoms with E-state index in [2.05, 4.69) is 41.5 Å². The van der Waals surface area contributed by atoms with E-state index in [1.165, 1.54) is 148 Å². The molecular formula is C50H96O6. The predicted octanol–water partition coefficient (Wildman–Crippen LogP) is 15.6. The van der Waals surface area contributed by atoms with E-state index in [1.54, 1.807) is 0 Å². The van der Waals surface area contributed by atoms with Gasteiger partial charge in [-0.2, -0.15) is 0 Å². The molecule has 0 heterocycles. The van der Waals surface area contributed by atoms with Crippen LogP contribution in [0.1, 0.15) is 266 Å². The van der Waals surface area contributed by atoms with Crippen LogP contribution in [0.4, 0.5) is 0 Å². The average Bonchev–Trinajstić information content (AvgIpc) is 3.16. The Kier molecular flexibility index (Phi) is 40.4. The molecule has 0 rings (SSSR count).